The van der Waals surface area contributed by atoms with E-state index < -0.39 is 11.9 Å². The minimum absolute atomic E-state index is 0.0694. The SMILES string of the molecule is CCOC(=O)c1cccc(C(=O)c2ccc(OCCCCSc3ccccc3)c(CCC(=O)O)c2)c1. The molecule has 0 atom stereocenters. The number of carbonyl (C=O) groups excluding carboxylic acids is 2. The van der Waals surface area contributed by atoms with Crippen molar-refractivity contribution in [2.45, 2.75) is 37.5 Å². The first-order valence-electron chi connectivity index (χ1n) is 11.9. The number of hydrogen-bond donors (Lipinski definition) is 1. The summed E-state index contributed by atoms with van der Waals surface area (Å²) in [6.45, 7) is 2.47. The van der Waals surface area contributed by atoms with E-state index >= 15 is 0 Å². The number of carbonyl (C=O) groups is 3. The molecule has 0 spiro atoms. The van der Waals surface area contributed by atoms with Crippen LogP contribution in [0.15, 0.2) is 77.7 Å². The number of ether oxygens (including phenoxy) is 2. The van der Waals surface area contributed by atoms with Crippen molar-refractivity contribution in [1.82, 2.24) is 0 Å². The number of aliphatic carboxylic acids is 1. The number of ketones is 1. The lowest BCUT2D eigenvalue weighted by molar-refractivity contribution is -0.136. The lowest BCUT2D eigenvalue weighted by Gasteiger charge is -2.13. The average molecular weight is 507 g/mol. The van der Waals surface area contributed by atoms with Crippen LogP contribution in [0, 0.1) is 0 Å². The van der Waals surface area contributed by atoms with Crippen LogP contribution in [0.5, 0.6) is 5.75 Å². The van der Waals surface area contributed by atoms with Gasteiger partial charge in [0.15, 0.2) is 5.78 Å². The van der Waals surface area contributed by atoms with Gasteiger partial charge in [0.25, 0.3) is 0 Å². The van der Waals surface area contributed by atoms with E-state index in [4.69, 9.17) is 14.6 Å². The Labute approximate surface area is 215 Å². The summed E-state index contributed by atoms with van der Waals surface area (Å²) in [5.74, 6) is -0.0960. The first kappa shape index (κ1) is 27.0. The van der Waals surface area contributed by atoms with Gasteiger partial charge in [-0.15, -0.1) is 11.8 Å². The number of esters is 1. The quantitative estimate of drug-likeness (QED) is 0.123. The molecular formula is C29H30O6S. The van der Waals surface area contributed by atoms with Crippen LogP contribution >= 0.6 is 11.8 Å². The van der Waals surface area contributed by atoms with Crippen molar-refractivity contribution >= 4 is 29.5 Å². The van der Waals surface area contributed by atoms with E-state index in [2.05, 4.69) is 12.1 Å². The fourth-order valence-electron chi connectivity index (χ4n) is 3.56. The third-order valence-electron chi connectivity index (χ3n) is 5.37. The number of unbranched alkanes of at least 4 members (excludes halogenated alkanes) is 1. The zero-order chi connectivity index (χ0) is 25.8. The maximum Gasteiger partial charge on any atom is 0.338 e. The van der Waals surface area contributed by atoms with E-state index in [1.165, 1.54) is 11.0 Å². The molecule has 3 rings (SSSR count). The number of aryl methyl sites for hydroxylation is 1. The van der Waals surface area contributed by atoms with Crippen molar-refractivity contribution in [1.29, 1.82) is 0 Å². The van der Waals surface area contributed by atoms with Gasteiger partial charge in [0.05, 0.1) is 18.8 Å². The van der Waals surface area contributed by atoms with Crippen LogP contribution in [0.3, 0.4) is 0 Å². The predicted octanol–water partition coefficient (Wildman–Crippen LogP) is 6.06. The summed E-state index contributed by atoms with van der Waals surface area (Å²) in [6.07, 6.45) is 2.02. The standard InChI is InChI=1S/C29H30O6S/c1-2-34-29(33)24-10-8-9-22(20-24)28(32)23-13-15-26(21(19-23)14-16-27(30)31)35-17-6-7-18-36-25-11-4-3-5-12-25/h3-5,8-13,15,19-20H,2,6-7,14,16-18H2,1H3,(H,30,31). The minimum Gasteiger partial charge on any atom is -0.493 e. The Morgan fingerprint density at radius 3 is 2.36 bits per heavy atom. The van der Waals surface area contributed by atoms with Crippen LogP contribution < -0.4 is 4.74 Å². The first-order valence-corrected chi connectivity index (χ1v) is 12.9. The molecule has 0 bridgehead atoms. The van der Waals surface area contributed by atoms with Crippen molar-refractivity contribution in [3.05, 3.63) is 95.1 Å². The largest absolute Gasteiger partial charge is 0.493 e. The van der Waals surface area contributed by atoms with Crippen molar-refractivity contribution in [3.63, 3.8) is 0 Å². The number of carboxylic acid groups (broad SMARTS) is 1. The Hall–Kier alpha value is -3.58. The van der Waals surface area contributed by atoms with E-state index in [1.807, 2.05) is 18.2 Å². The fraction of sp³-hybridized carbons (Fsp3) is 0.276. The first-order chi connectivity index (χ1) is 17.5. The third-order valence-corrected chi connectivity index (χ3v) is 6.47. The van der Waals surface area contributed by atoms with Crippen LogP contribution in [-0.4, -0.2) is 41.8 Å². The van der Waals surface area contributed by atoms with Gasteiger partial charge in [-0.2, -0.15) is 0 Å². The van der Waals surface area contributed by atoms with Gasteiger partial charge in [-0.25, -0.2) is 4.79 Å². The van der Waals surface area contributed by atoms with E-state index in [0.29, 0.717) is 34.6 Å². The molecule has 0 saturated carbocycles. The summed E-state index contributed by atoms with van der Waals surface area (Å²) in [4.78, 5) is 37.6. The molecule has 3 aromatic carbocycles. The van der Waals surface area contributed by atoms with Gasteiger partial charge in [0.2, 0.25) is 0 Å². The fourth-order valence-corrected chi connectivity index (χ4v) is 4.49. The molecule has 1 N–H and O–H groups in total. The van der Waals surface area contributed by atoms with Gasteiger partial charge in [-0.05, 0) is 80.0 Å². The third kappa shape index (κ3) is 8.27. The molecule has 0 heterocycles. The summed E-state index contributed by atoms with van der Waals surface area (Å²) < 4.78 is 11.0. The Morgan fingerprint density at radius 2 is 1.61 bits per heavy atom. The maximum absolute atomic E-state index is 13.1. The van der Waals surface area contributed by atoms with Gasteiger partial charge < -0.3 is 14.6 Å². The molecule has 0 fully saturated rings. The number of carboxylic acids is 1. The molecule has 3 aromatic rings. The van der Waals surface area contributed by atoms with Gasteiger partial charge in [-0.1, -0.05) is 30.3 Å². The van der Waals surface area contributed by atoms with E-state index in [0.717, 1.165) is 18.6 Å². The van der Waals surface area contributed by atoms with Gasteiger partial charge in [0, 0.05) is 22.4 Å². The highest BCUT2D eigenvalue weighted by atomic mass is 32.2. The van der Waals surface area contributed by atoms with Crippen molar-refractivity contribution in [2.24, 2.45) is 0 Å². The smallest absolute Gasteiger partial charge is 0.338 e. The zero-order valence-corrected chi connectivity index (χ0v) is 21.1. The van der Waals surface area contributed by atoms with Crippen molar-refractivity contribution in [3.8, 4) is 5.75 Å². The normalized spacial score (nSPS) is 10.6. The second kappa shape index (κ2) is 14.1. The van der Waals surface area contributed by atoms with Crippen LogP contribution in [0.25, 0.3) is 0 Å². The highest BCUT2D eigenvalue weighted by Crippen LogP contribution is 2.25. The summed E-state index contributed by atoms with van der Waals surface area (Å²) >= 11 is 1.80. The van der Waals surface area contributed by atoms with Gasteiger partial charge >= 0.3 is 11.9 Å². The lowest BCUT2D eigenvalue weighted by Crippen LogP contribution is -2.09. The zero-order valence-electron chi connectivity index (χ0n) is 20.3. The number of rotatable bonds is 14. The lowest BCUT2D eigenvalue weighted by atomic mass is 9.98. The Kier molecular flexibility index (Phi) is 10.6. The summed E-state index contributed by atoms with van der Waals surface area (Å²) in [7, 11) is 0. The molecule has 0 aliphatic heterocycles. The van der Waals surface area contributed by atoms with E-state index in [1.54, 1.807) is 55.1 Å². The summed E-state index contributed by atoms with van der Waals surface area (Å²) in [5, 5.41) is 9.16. The van der Waals surface area contributed by atoms with Crippen molar-refractivity contribution in [2.75, 3.05) is 19.0 Å². The molecule has 188 valence electrons. The number of benzene rings is 3. The molecule has 0 unspecified atom stereocenters. The molecule has 0 radical (unpaired) electrons. The molecule has 0 amide bonds. The highest BCUT2D eigenvalue weighted by molar-refractivity contribution is 7.99. The molecular weight excluding hydrogens is 476 g/mol. The summed E-state index contributed by atoms with van der Waals surface area (Å²) in [6, 6.07) is 21.7. The topological polar surface area (TPSA) is 89.9 Å². The molecule has 36 heavy (non-hydrogen) atoms. The van der Waals surface area contributed by atoms with Crippen LogP contribution in [0.2, 0.25) is 0 Å². The number of hydrogen-bond acceptors (Lipinski definition) is 6. The van der Waals surface area contributed by atoms with Gasteiger partial charge in [0.1, 0.15) is 5.75 Å². The van der Waals surface area contributed by atoms with E-state index in [9.17, 15) is 14.4 Å². The second-order valence-electron chi connectivity index (χ2n) is 8.06. The maximum atomic E-state index is 13.1. The molecule has 0 aromatic heterocycles. The highest BCUT2D eigenvalue weighted by Gasteiger charge is 2.16. The Bertz CT molecular complexity index is 1180. The molecule has 0 saturated heterocycles. The average Bonchev–Trinajstić information content (AvgIpc) is 2.90. The minimum atomic E-state index is -0.919. The molecule has 0 aliphatic carbocycles. The van der Waals surface area contributed by atoms with Crippen LogP contribution in [-0.2, 0) is 16.0 Å². The molecule has 0 aliphatic rings. The monoisotopic (exact) mass is 506 g/mol. The Morgan fingerprint density at radius 1 is 0.861 bits per heavy atom. The number of thioether (sulfide) groups is 1. The van der Waals surface area contributed by atoms with E-state index in [-0.39, 0.29) is 25.2 Å². The van der Waals surface area contributed by atoms with Crippen LogP contribution in [0.4, 0.5) is 0 Å². The van der Waals surface area contributed by atoms with Crippen molar-refractivity contribution < 1.29 is 29.0 Å². The van der Waals surface area contributed by atoms with Gasteiger partial charge in [-0.3, -0.25) is 9.59 Å². The molecule has 6 nitrogen and oxygen atoms in total. The molecule has 7 heteroatoms. The summed E-state index contributed by atoms with van der Waals surface area (Å²) in [5.41, 5.74) is 1.74. The Balaban J connectivity index is 1.64. The second-order valence-corrected chi connectivity index (χ2v) is 9.23. The predicted molar refractivity (Wildman–Crippen MR) is 140 cm³/mol. The van der Waals surface area contributed by atoms with Crippen LogP contribution in [0.1, 0.15) is 58.0 Å².